The second-order valence-electron chi connectivity index (χ2n) is 7.91. The van der Waals surface area contributed by atoms with Gasteiger partial charge in [-0.1, -0.05) is 6.07 Å². The fourth-order valence-corrected chi connectivity index (χ4v) is 4.20. The molecule has 0 bridgehead atoms. The molecule has 0 spiro atoms. The predicted molar refractivity (Wildman–Crippen MR) is 115 cm³/mol. The maximum absolute atomic E-state index is 12.6. The van der Waals surface area contributed by atoms with Gasteiger partial charge in [0, 0.05) is 57.4 Å². The highest BCUT2D eigenvalue weighted by atomic mass is 16.5. The molecule has 0 unspecified atom stereocenters. The zero-order valence-corrected chi connectivity index (χ0v) is 17.7. The number of ether oxygens (including phenoxy) is 1. The number of rotatable bonds is 5. The minimum absolute atomic E-state index is 0.0502. The molecule has 32 heavy (non-hydrogen) atoms. The maximum atomic E-state index is 12.6. The molecule has 0 aromatic carbocycles. The van der Waals surface area contributed by atoms with E-state index in [2.05, 4.69) is 20.6 Å². The van der Waals surface area contributed by atoms with Crippen LogP contribution in [-0.2, 0) is 19.7 Å². The monoisotopic (exact) mass is 436 g/mol. The smallest absolute Gasteiger partial charge is 0.273 e. The second-order valence-corrected chi connectivity index (χ2v) is 7.91. The third-order valence-corrected chi connectivity index (χ3v) is 6.12. The van der Waals surface area contributed by atoms with E-state index in [4.69, 9.17) is 10.00 Å². The lowest BCUT2D eigenvalue weighted by molar-refractivity contribution is -0.130. The highest BCUT2D eigenvalue weighted by molar-refractivity contribution is 6.03. The van der Waals surface area contributed by atoms with Gasteiger partial charge in [-0.25, -0.2) is 9.97 Å². The molecule has 2 aliphatic heterocycles. The Labute approximate surface area is 185 Å². The van der Waals surface area contributed by atoms with E-state index in [-0.39, 0.29) is 18.9 Å². The van der Waals surface area contributed by atoms with E-state index < -0.39 is 16.9 Å². The number of aliphatic hydroxyl groups is 1. The first-order chi connectivity index (χ1) is 15.4. The molecule has 2 aromatic rings. The minimum Gasteiger partial charge on any atom is -0.381 e. The number of nitrogens with zero attached hydrogens (tertiary/aromatic N) is 4. The van der Waals surface area contributed by atoms with Crippen LogP contribution in [0.4, 0.5) is 17.3 Å². The van der Waals surface area contributed by atoms with Gasteiger partial charge < -0.3 is 25.4 Å². The van der Waals surface area contributed by atoms with Crippen LogP contribution in [0.1, 0.15) is 24.8 Å². The SMILES string of the molecule is CNC(=O)C1(c2ccc(Nc3cc(N4CC[C@](O)(C#N)C4=O)ccn3)nc2)CCOCC1. The number of carbonyl (C=O) groups is 2. The summed E-state index contributed by atoms with van der Waals surface area (Å²) in [4.78, 5) is 35.1. The number of nitrogens with one attached hydrogen (secondary N) is 2. The topological polar surface area (TPSA) is 140 Å². The molecule has 1 atom stereocenters. The largest absolute Gasteiger partial charge is 0.381 e. The number of hydrogen-bond acceptors (Lipinski definition) is 8. The van der Waals surface area contributed by atoms with Crippen LogP contribution in [0.15, 0.2) is 36.7 Å². The van der Waals surface area contributed by atoms with Gasteiger partial charge in [-0.2, -0.15) is 5.26 Å². The molecule has 0 saturated carbocycles. The molecule has 3 N–H and O–H groups in total. The second kappa shape index (κ2) is 8.53. The predicted octanol–water partition coefficient (Wildman–Crippen LogP) is 1.01. The summed E-state index contributed by atoms with van der Waals surface area (Å²) >= 11 is 0. The lowest BCUT2D eigenvalue weighted by Gasteiger charge is -2.35. The number of hydrogen-bond donors (Lipinski definition) is 3. The van der Waals surface area contributed by atoms with E-state index in [0.717, 1.165) is 5.56 Å². The van der Waals surface area contributed by atoms with Crippen molar-refractivity contribution in [2.45, 2.75) is 30.3 Å². The van der Waals surface area contributed by atoms with Gasteiger partial charge in [0.25, 0.3) is 5.91 Å². The zero-order chi connectivity index (χ0) is 22.8. The molecule has 4 rings (SSSR count). The lowest BCUT2D eigenvalue weighted by atomic mass is 9.74. The summed E-state index contributed by atoms with van der Waals surface area (Å²) in [6, 6.07) is 8.62. The number of aromatic nitrogens is 2. The van der Waals surface area contributed by atoms with Crippen LogP contribution in [0.2, 0.25) is 0 Å². The van der Waals surface area contributed by atoms with Gasteiger partial charge in [-0.05, 0) is 30.5 Å². The van der Waals surface area contributed by atoms with Crippen LogP contribution in [-0.4, -0.2) is 59.3 Å². The average molecular weight is 436 g/mol. The third-order valence-electron chi connectivity index (χ3n) is 6.12. The first-order valence-electron chi connectivity index (χ1n) is 10.4. The number of anilines is 3. The highest BCUT2D eigenvalue weighted by Gasteiger charge is 2.46. The summed E-state index contributed by atoms with van der Waals surface area (Å²) in [5, 5.41) is 25.0. The van der Waals surface area contributed by atoms with Crippen molar-refractivity contribution in [3.8, 4) is 6.07 Å². The van der Waals surface area contributed by atoms with Crippen molar-refractivity contribution in [1.82, 2.24) is 15.3 Å². The molecule has 166 valence electrons. The lowest BCUT2D eigenvalue weighted by Crippen LogP contribution is -2.47. The van der Waals surface area contributed by atoms with E-state index in [0.29, 0.717) is 43.4 Å². The fourth-order valence-electron chi connectivity index (χ4n) is 4.20. The maximum Gasteiger partial charge on any atom is 0.273 e. The van der Waals surface area contributed by atoms with Crippen LogP contribution < -0.4 is 15.5 Å². The summed E-state index contributed by atoms with van der Waals surface area (Å²) in [5.74, 6) is 0.287. The van der Waals surface area contributed by atoms with Crippen LogP contribution in [0.25, 0.3) is 0 Å². The Morgan fingerprint density at radius 1 is 1.22 bits per heavy atom. The quantitative estimate of drug-likeness (QED) is 0.590. The van der Waals surface area contributed by atoms with Crippen LogP contribution in [0.3, 0.4) is 0 Å². The van der Waals surface area contributed by atoms with Crippen LogP contribution >= 0.6 is 0 Å². The molecule has 4 heterocycles. The van der Waals surface area contributed by atoms with Crippen molar-refractivity contribution in [3.05, 3.63) is 42.2 Å². The average Bonchev–Trinajstić information content (AvgIpc) is 3.14. The Morgan fingerprint density at radius 3 is 2.62 bits per heavy atom. The standard InChI is InChI=1S/C22H24N6O4/c1-24-19(29)21(6-10-32-11-7-21)15-2-3-17(26-13-15)27-18-12-16(4-8-25-18)28-9-5-22(31,14-23)20(28)30/h2-4,8,12-13,31H,5-7,9-11H2,1H3,(H,24,29)(H,25,26,27)/t22-/m0/s1. The Morgan fingerprint density at radius 2 is 2.00 bits per heavy atom. The van der Waals surface area contributed by atoms with Crippen molar-refractivity contribution in [2.24, 2.45) is 0 Å². The van der Waals surface area contributed by atoms with Crippen molar-refractivity contribution < 1.29 is 19.4 Å². The zero-order valence-electron chi connectivity index (χ0n) is 17.7. The van der Waals surface area contributed by atoms with E-state index in [1.807, 2.05) is 6.07 Å². The van der Waals surface area contributed by atoms with Crippen molar-refractivity contribution in [2.75, 3.05) is 37.0 Å². The van der Waals surface area contributed by atoms with Gasteiger partial charge in [-0.3, -0.25) is 9.59 Å². The Kier molecular flexibility index (Phi) is 5.78. The van der Waals surface area contributed by atoms with Gasteiger partial charge in [0.1, 0.15) is 17.7 Å². The van der Waals surface area contributed by atoms with Gasteiger partial charge in [-0.15, -0.1) is 0 Å². The first-order valence-corrected chi connectivity index (χ1v) is 10.4. The van der Waals surface area contributed by atoms with E-state index in [1.54, 1.807) is 37.5 Å². The van der Waals surface area contributed by atoms with Crippen molar-refractivity contribution in [3.63, 3.8) is 0 Å². The number of amides is 2. The summed E-state index contributed by atoms with van der Waals surface area (Å²) in [6.07, 6.45) is 4.44. The van der Waals surface area contributed by atoms with Crippen molar-refractivity contribution >= 4 is 29.1 Å². The molecular weight excluding hydrogens is 412 g/mol. The van der Waals surface area contributed by atoms with Gasteiger partial charge >= 0.3 is 0 Å². The number of nitriles is 1. The minimum atomic E-state index is -1.99. The Balaban J connectivity index is 1.52. The first kappa shape index (κ1) is 21.7. The molecule has 2 aliphatic rings. The molecule has 2 amide bonds. The van der Waals surface area contributed by atoms with Gasteiger partial charge in [0.05, 0.1) is 5.41 Å². The molecule has 0 radical (unpaired) electrons. The number of carbonyl (C=O) groups excluding carboxylic acids is 2. The molecule has 10 heteroatoms. The number of likely N-dealkylation sites (N-methyl/N-ethyl adjacent to an activating group) is 1. The van der Waals surface area contributed by atoms with Gasteiger partial charge in [0.2, 0.25) is 11.5 Å². The molecule has 2 fully saturated rings. The summed E-state index contributed by atoms with van der Waals surface area (Å²) in [7, 11) is 1.63. The molecule has 2 saturated heterocycles. The van der Waals surface area contributed by atoms with E-state index in [9.17, 15) is 14.7 Å². The summed E-state index contributed by atoms with van der Waals surface area (Å²) in [5.41, 5.74) is -1.30. The molecule has 0 aliphatic carbocycles. The Bertz CT molecular complexity index is 1060. The Hall–Kier alpha value is -3.55. The fraction of sp³-hybridized carbons (Fsp3) is 0.409. The van der Waals surface area contributed by atoms with Crippen LogP contribution in [0.5, 0.6) is 0 Å². The molecule has 2 aromatic heterocycles. The number of pyridine rings is 2. The van der Waals surface area contributed by atoms with Gasteiger partial charge in [0.15, 0.2) is 0 Å². The van der Waals surface area contributed by atoms with E-state index >= 15 is 0 Å². The van der Waals surface area contributed by atoms with Crippen molar-refractivity contribution in [1.29, 1.82) is 5.26 Å². The molecular formula is C22H24N6O4. The van der Waals surface area contributed by atoms with E-state index in [1.165, 1.54) is 11.1 Å². The normalized spacial score (nSPS) is 22.3. The highest BCUT2D eigenvalue weighted by Crippen LogP contribution is 2.35. The summed E-state index contributed by atoms with van der Waals surface area (Å²) < 4.78 is 5.44. The summed E-state index contributed by atoms with van der Waals surface area (Å²) in [6.45, 7) is 1.27. The van der Waals surface area contributed by atoms with Crippen LogP contribution in [0, 0.1) is 11.3 Å². The molecule has 10 nitrogen and oxygen atoms in total. The third kappa shape index (κ3) is 3.77.